The molecule has 1 rings (SSSR count). The zero-order valence-electron chi connectivity index (χ0n) is 12.0. The second-order valence-electron chi connectivity index (χ2n) is 5.21. The monoisotopic (exact) mass is 277 g/mol. The number of hydrogen-bond acceptors (Lipinski definition) is 3. The van der Waals surface area contributed by atoms with E-state index in [1.54, 1.807) is 11.4 Å². The highest BCUT2D eigenvalue weighted by molar-refractivity contribution is 7.86. The molecule has 108 valence electrons. The molecule has 1 heterocycles. The van der Waals surface area contributed by atoms with E-state index < -0.39 is 10.2 Å². The van der Waals surface area contributed by atoms with Crippen LogP contribution in [0.4, 0.5) is 0 Å². The molecule has 1 saturated heterocycles. The van der Waals surface area contributed by atoms with Gasteiger partial charge in [-0.2, -0.15) is 17.0 Å². The summed E-state index contributed by atoms with van der Waals surface area (Å²) in [6.45, 7) is 8.27. The first kappa shape index (κ1) is 15.9. The first-order valence-electron chi connectivity index (χ1n) is 6.86. The Morgan fingerprint density at radius 2 is 1.83 bits per heavy atom. The van der Waals surface area contributed by atoms with Gasteiger partial charge in [-0.3, -0.25) is 0 Å². The van der Waals surface area contributed by atoms with Crippen LogP contribution in [0.15, 0.2) is 0 Å². The second kappa shape index (κ2) is 6.84. The van der Waals surface area contributed by atoms with Crippen molar-refractivity contribution < 1.29 is 8.42 Å². The smallest absolute Gasteiger partial charge is 0.282 e. The van der Waals surface area contributed by atoms with Crippen LogP contribution >= 0.6 is 0 Å². The van der Waals surface area contributed by atoms with Gasteiger partial charge in [-0.05, 0) is 46.2 Å². The molecule has 0 radical (unpaired) electrons. The Kier molecular flexibility index (Phi) is 6.04. The number of piperidine rings is 1. The van der Waals surface area contributed by atoms with Crippen LogP contribution in [0.3, 0.4) is 0 Å². The lowest BCUT2D eigenvalue weighted by molar-refractivity contribution is 0.240. The van der Waals surface area contributed by atoms with Gasteiger partial charge < -0.3 is 5.32 Å². The van der Waals surface area contributed by atoms with E-state index >= 15 is 0 Å². The summed E-state index contributed by atoms with van der Waals surface area (Å²) in [7, 11) is -1.65. The van der Waals surface area contributed by atoms with E-state index in [4.69, 9.17) is 0 Å². The van der Waals surface area contributed by atoms with Crippen molar-refractivity contribution in [1.29, 1.82) is 0 Å². The first-order chi connectivity index (χ1) is 8.41. The molecular weight excluding hydrogens is 250 g/mol. The maximum atomic E-state index is 12.6. The van der Waals surface area contributed by atoms with Gasteiger partial charge in [0.25, 0.3) is 10.2 Å². The van der Waals surface area contributed by atoms with Crippen molar-refractivity contribution in [2.24, 2.45) is 0 Å². The Morgan fingerprint density at radius 1 is 1.28 bits per heavy atom. The third-order valence-electron chi connectivity index (χ3n) is 3.55. The van der Waals surface area contributed by atoms with Crippen molar-refractivity contribution in [3.63, 3.8) is 0 Å². The summed E-state index contributed by atoms with van der Waals surface area (Å²) in [6.07, 6.45) is 2.67. The molecule has 18 heavy (non-hydrogen) atoms. The van der Waals surface area contributed by atoms with Gasteiger partial charge in [-0.25, -0.2) is 0 Å². The Balaban J connectivity index is 2.88. The highest BCUT2D eigenvalue weighted by Crippen LogP contribution is 2.20. The van der Waals surface area contributed by atoms with Gasteiger partial charge in [-0.1, -0.05) is 6.92 Å². The van der Waals surface area contributed by atoms with Crippen LogP contribution in [-0.4, -0.2) is 55.8 Å². The largest absolute Gasteiger partial charge is 0.317 e. The standard InChI is InChI=1S/C12H27N3O2S/c1-5-10-15(12-6-8-13-9-7-12)18(16,17)14(4)11(2)3/h11-13H,5-10H2,1-4H3. The zero-order chi connectivity index (χ0) is 13.8. The minimum absolute atomic E-state index is 0.00364. The van der Waals surface area contributed by atoms with E-state index in [0.717, 1.165) is 32.4 Å². The van der Waals surface area contributed by atoms with Gasteiger partial charge in [0.05, 0.1) is 0 Å². The van der Waals surface area contributed by atoms with Crippen molar-refractivity contribution in [2.45, 2.75) is 52.1 Å². The number of rotatable bonds is 6. The Labute approximate surface area is 112 Å². The molecule has 0 saturated carbocycles. The highest BCUT2D eigenvalue weighted by atomic mass is 32.2. The van der Waals surface area contributed by atoms with E-state index in [-0.39, 0.29) is 12.1 Å². The second-order valence-corrected chi connectivity index (χ2v) is 7.15. The fourth-order valence-corrected chi connectivity index (χ4v) is 4.10. The van der Waals surface area contributed by atoms with E-state index in [2.05, 4.69) is 5.32 Å². The fourth-order valence-electron chi connectivity index (χ4n) is 2.23. The predicted molar refractivity (Wildman–Crippen MR) is 74.7 cm³/mol. The van der Waals surface area contributed by atoms with Gasteiger partial charge in [0.1, 0.15) is 0 Å². The lowest BCUT2D eigenvalue weighted by Crippen LogP contribution is -2.52. The van der Waals surface area contributed by atoms with Gasteiger partial charge in [0.15, 0.2) is 0 Å². The molecule has 0 amide bonds. The molecule has 1 aliphatic rings. The predicted octanol–water partition coefficient (Wildman–Crippen LogP) is 1.04. The molecule has 0 unspecified atom stereocenters. The van der Waals surface area contributed by atoms with Crippen molar-refractivity contribution in [3.05, 3.63) is 0 Å². The van der Waals surface area contributed by atoms with Crippen LogP contribution in [0.1, 0.15) is 40.0 Å². The topological polar surface area (TPSA) is 52.7 Å². The fraction of sp³-hybridized carbons (Fsp3) is 1.00. The molecule has 5 nitrogen and oxygen atoms in total. The van der Waals surface area contributed by atoms with Crippen LogP contribution in [0.25, 0.3) is 0 Å². The van der Waals surface area contributed by atoms with Crippen LogP contribution in [-0.2, 0) is 10.2 Å². The summed E-state index contributed by atoms with van der Waals surface area (Å²) in [5.74, 6) is 0. The average Bonchev–Trinajstić information content (AvgIpc) is 2.35. The third-order valence-corrected chi connectivity index (χ3v) is 5.77. The number of hydrogen-bond donors (Lipinski definition) is 1. The van der Waals surface area contributed by atoms with Gasteiger partial charge in [0, 0.05) is 25.7 Å². The van der Waals surface area contributed by atoms with Crippen LogP contribution in [0.2, 0.25) is 0 Å². The minimum Gasteiger partial charge on any atom is -0.317 e. The Bertz CT molecular complexity index is 337. The first-order valence-corrected chi connectivity index (χ1v) is 8.26. The third kappa shape index (κ3) is 3.66. The van der Waals surface area contributed by atoms with E-state index in [0.29, 0.717) is 6.54 Å². The molecule has 0 aromatic heterocycles. The SMILES string of the molecule is CCCN(C1CCNCC1)S(=O)(=O)N(C)C(C)C. The van der Waals surface area contributed by atoms with E-state index in [9.17, 15) is 8.42 Å². The maximum Gasteiger partial charge on any atom is 0.282 e. The van der Waals surface area contributed by atoms with Crippen molar-refractivity contribution in [3.8, 4) is 0 Å². The van der Waals surface area contributed by atoms with Gasteiger partial charge in [-0.15, -0.1) is 0 Å². The van der Waals surface area contributed by atoms with Gasteiger partial charge in [0.2, 0.25) is 0 Å². The lowest BCUT2D eigenvalue weighted by atomic mass is 10.1. The summed E-state index contributed by atoms with van der Waals surface area (Å²) in [4.78, 5) is 0. The molecule has 1 fully saturated rings. The summed E-state index contributed by atoms with van der Waals surface area (Å²) < 4.78 is 28.4. The summed E-state index contributed by atoms with van der Waals surface area (Å²) in [6, 6.07) is 0.147. The molecular formula is C12H27N3O2S. The molecule has 0 aromatic rings. The van der Waals surface area contributed by atoms with E-state index in [1.165, 1.54) is 4.31 Å². The summed E-state index contributed by atoms with van der Waals surface area (Å²) in [5, 5.41) is 3.28. The minimum atomic E-state index is -3.32. The highest BCUT2D eigenvalue weighted by Gasteiger charge is 2.34. The average molecular weight is 277 g/mol. The van der Waals surface area contributed by atoms with E-state index in [1.807, 2.05) is 20.8 Å². The van der Waals surface area contributed by atoms with Crippen LogP contribution in [0.5, 0.6) is 0 Å². The molecule has 6 heteroatoms. The normalized spacial score (nSPS) is 19.1. The van der Waals surface area contributed by atoms with Crippen molar-refractivity contribution in [2.75, 3.05) is 26.7 Å². The Morgan fingerprint density at radius 3 is 2.28 bits per heavy atom. The quantitative estimate of drug-likeness (QED) is 0.789. The zero-order valence-corrected chi connectivity index (χ0v) is 12.8. The summed E-state index contributed by atoms with van der Waals surface area (Å²) >= 11 is 0. The molecule has 0 atom stereocenters. The molecule has 1 aliphatic heterocycles. The number of nitrogens with zero attached hydrogens (tertiary/aromatic N) is 2. The molecule has 0 spiro atoms. The number of nitrogens with one attached hydrogen (secondary N) is 1. The van der Waals surface area contributed by atoms with Crippen molar-refractivity contribution >= 4 is 10.2 Å². The van der Waals surface area contributed by atoms with Crippen LogP contribution < -0.4 is 5.32 Å². The Hall–Kier alpha value is -0.170. The van der Waals surface area contributed by atoms with Crippen molar-refractivity contribution in [1.82, 2.24) is 13.9 Å². The molecule has 1 N–H and O–H groups in total. The molecule has 0 aliphatic carbocycles. The molecule has 0 aromatic carbocycles. The van der Waals surface area contributed by atoms with Crippen LogP contribution in [0, 0.1) is 0 Å². The van der Waals surface area contributed by atoms with Gasteiger partial charge >= 0.3 is 0 Å². The maximum absolute atomic E-state index is 12.6. The summed E-state index contributed by atoms with van der Waals surface area (Å²) in [5.41, 5.74) is 0. The lowest BCUT2D eigenvalue weighted by Gasteiger charge is -2.37. The molecule has 0 bridgehead atoms.